The van der Waals surface area contributed by atoms with Gasteiger partial charge < -0.3 is 9.13 Å². The van der Waals surface area contributed by atoms with Crippen LogP contribution in [-0.2, 0) is 0 Å². The van der Waals surface area contributed by atoms with E-state index in [2.05, 4.69) is 241 Å². The average Bonchev–Trinajstić information content (AvgIpc) is 3.90. The molecule has 2 heterocycles. The molecule has 0 unspecified atom stereocenters. The van der Waals surface area contributed by atoms with Crippen LogP contribution in [0.2, 0.25) is 0 Å². The van der Waals surface area contributed by atoms with E-state index >= 15 is 0 Å². The lowest BCUT2D eigenvalue weighted by atomic mass is 9.97. The van der Waals surface area contributed by atoms with E-state index in [0.717, 1.165) is 24.2 Å². The number of rotatable bonds is 8. The van der Waals surface area contributed by atoms with Gasteiger partial charge in [-0.05, 0) is 131 Å². The molecule has 0 saturated carbocycles. The van der Waals surface area contributed by atoms with Gasteiger partial charge in [0.2, 0.25) is 0 Å². The Kier molecular flexibility index (Phi) is 9.47. The predicted octanol–water partition coefficient (Wildman–Crippen LogP) is 16.3. The summed E-state index contributed by atoms with van der Waals surface area (Å²) < 4.78 is 4.93. The third kappa shape index (κ3) is 7.00. The van der Waals surface area contributed by atoms with Crippen molar-refractivity contribution in [3.63, 3.8) is 0 Å². The first-order chi connectivity index (χ1) is 30.5. The van der Waals surface area contributed by atoms with Crippen molar-refractivity contribution in [1.82, 2.24) is 9.13 Å². The van der Waals surface area contributed by atoms with Crippen LogP contribution in [0.4, 0.5) is 0 Å². The molecule has 10 aromatic rings. The van der Waals surface area contributed by atoms with Crippen molar-refractivity contribution in [2.45, 2.75) is 26.7 Å². The topological polar surface area (TPSA) is 9.86 Å². The molecule has 2 nitrogen and oxygen atoms in total. The molecule has 0 radical (unpaired) electrons. The number of aromatic nitrogens is 2. The van der Waals surface area contributed by atoms with Crippen molar-refractivity contribution in [2.24, 2.45) is 0 Å². The van der Waals surface area contributed by atoms with Crippen molar-refractivity contribution in [3.8, 4) is 67.1 Å². The van der Waals surface area contributed by atoms with Gasteiger partial charge in [0.25, 0.3) is 0 Å². The Morgan fingerprint density at radius 1 is 0.323 bits per heavy atom. The van der Waals surface area contributed by atoms with Crippen LogP contribution in [0, 0.1) is 6.92 Å². The number of allylic oxidation sites excluding steroid dienone is 4. The van der Waals surface area contributed by atoms with E-state index < -0.39 is 0 Å². The fraction of sp³-hybridized carbons (Fsp3) is 0.0667. The minimum atomic E-state index is 1.02. The molecular weight excluding hydrogens is 749 g/mol. The van der Waals surface area contributed by atoms with Crippen molar-refractivity contribution < 1.29 is 0 Å². The molecule has 0 fully saturated rings. The minimum Gasteiger partial charge on any atom is -0.310 e. The number of nitrogens with zero attached hydrogens (tertiary/aromatic N) is 2. The molecule has 0 spiro atoms. The van der Waals surface area contributed by atoms with Gasteiger partial charge in [-0.2, -0.15) is 0 Å². The van der Waals surface area contributed by atoms with Crippen LogP contribution in [0.1, 0.15) is 31.0 Å². The van der Waals surface area contributed by atoms with E-state index in [1.54, 1.807) is 0 Å². The summed E-state index contributed by atoms with van der Waals surface area (Å²) in [7, 11) is 0. The van der Waals surface area contributed by atoms with Crippen LogP contribution in [-0.4, -0.2) is 9.13 Å². The summed E-state index contributed by atoms with van der Waals surface area (Å²) >= 11 is 0. The zero-order valence-corrected chi connectivity index (χ0v) is 35.1. The number of benzene rings is 8. The summed E-state index contributed by atoms with van der Waals surface area (Å²) in [5, 5.41) is 2.44. The lowest BCUT2D eigenvalue weighted by Crippen LogP contribution is -2.01. The Hall–Kier alpha value is -7.68. The molecule has 1 aliphatic carbocycles. The Morgan fingerprint density at radius 3 is 1.11 bits per heavy atom. The Morgan fingerprint density at radius 2 is 0.694 bits per heavy atom. The standard InChI is InChI=1S/C60H46N2/c1-41-13-17-51(18-14-41)57-37-53-39-60-54(40-59(53)61(57)55-33-29-49(30-34-55)47-25-21-45(22-26-47)43-9-5-3-6-10-43)38-58(52-19-15-42(2)16-20-52)62(60)56-35-31-50(32-36-56)48-27-23-46(24-28-48)44-11-7-4-8-12-44/h3-15,17-19,21-40H,16,20H2,1-2H3. The first-order valence-electron chi connectivity index (χ1n) is 21.7. The van der Waals surface area contributed by atoms with Crippen LogP contribution in [0.15, 0.2) is 224 Å². The van der Waals surface area contributed by atoms with E-state index in [1.165, 1.54) is 100.0 Å². The van der Waals surface area contributed by atoms with Crippen molar-refractivity contribution >= 4 is 27.4 Å². The lowest BCUT2D eigenvalue weighted by Gasteiger charge is -2.17. The van der Waals surface area contributed by atoms with E-state index in [1.807, 2.05) is 0 Å². The second-order valence-corrected chi connectivity index (χ2v) is 16.8. The van der Waals surface area contributed by atoms with Crippen LogP contribution in [0.3, 0.4) is 0 Å². The monoisotopic (exact) mass is 794 g/mol. The molecule has 0 aliphatic heterocycles. The van der Waals surface area contributed by atoms with Crippen LogP contribution < -0.4 is 0 Å². The molecule has 0 bridgehead atoms. The molecule has 1 aliphatic rings. The van der Waals surface area contributed by atoms with Gasteiger partial charge in [0, 0.05) is 22.1 Å². The summed E-state index contributed by atoms with van der Waals surface area (Å²) in [5.74, 6) is 0. The third-order valence-electron chi connectivity index (χ3n) is 12.7. The van der Waals surface area contributed by atoms with Gasteiger partial charge in [0.05, 0.1) is 22.4 Å². The summed E-state index contributed by atoms with van der Waals surface area (Å²) in [6.45, 7) is 4.39. The highest BCUT2D eigenvalue weighted by molar-refractivity contribution is 6.02. The van der Waals surface area contributed by atoms with Crippen molar-refractivity contribution in [1.29, 1.82) is 0 Å². The summed E-state index contributed by atoms with van der Waals surface area (Å²) in [6, 6.07) is 75.7. The zero-order chi connectivity index (χ0) is 41.6. The summed E-state index contributed by atoms with van der Waals surface area (Å²) in [4.78, 5) is 0. The van der Waals surface area contributed by atoms with E-state index in [4.69, 9.17) is 0 Å². The highest BCUT2D eigenvalue weighted by atomic mass is 15.0. The van der Waals surface area contributed by atoms with Gasteiger partial charge in [0.1, 0.15) is 0 Å². The van der Waals surface area contributed by atoms with Gasteiger partial charge in [-0.1, -0.05) is 181 Å². The smallest absolute Gasteiger partial charge is 0.0542 e. The SMILES string of the molecule is CC1=CC=C(c2cc3cc4c(cc(-c5ccc(C)cc5)n4-c4ccc(-c5ccc(-c6ccccc6)cc5)cc4)cc3n2-c2ccc(-c3ccc(-c4ccccc4)cc3)cc2)CC1. The normalized spacial score (nSPS) is 12.7. The first-order valence-corrected chi connectivity index (χ1v) is 21.7. The fourth-order valence-corrected chi connectivity index (χ4v) is 9.17. The number of aryl methyl sites for hydroxylation is 1. The second-order valence-electron chi connectivity index (χ2n) is 16.8. The summed E-state index contributed by atoms with van der Waals surface area (Å²) in [6.07, 6.45) is 6.72. The van der Waals surface area contributed by atoms with Gasteiger partial charge in [0.15, 0.2) is 0 Å². The van der Waals surface area contributed by atoms with Crippen LogP contribution >= 0.6 is 0 Å². The fourth-order valence-electron chi connectivity index (χ4n) is 9.17. The van der Waals surface area contributed by atoms with E-state index in [0.29, 0.717) is 0 Å². The molecular formula is C60H46N2. The number of fused-ring (bicyclic) bond motifs is 2. The average molecular weight is 795 g/mol. The third-order valence-corrected chi connectivity index (χ3v) is 12.7. The van der Waals surface area contributed by atoms with Crippen LogP contribution in [0.5, 0.6) is 0 Å². The Balaban J connectivity index is 1.01. The van der Waals surface area contributed by atoms with Crippen molar-refractivity contribution in [2.75, 3.05) is 0 Å². The number of hydrogen-bond acceptors (Lipinski definition) is 0. The molecule has 0 atom stereocenters. The maximum atomic E-state index is 2.48. The molecule has 11 rings (SSSR count). The van der Waals surface area contributed by atoms with Gasteiger partial charge in [-0.3, -0.25) is 0 Å². The second kappa shape index (κ2) is 15.7. The first kappa shape index (κ1) is 37.3. The largest absolute Gasteiger partial charge is 0.310 e. The summed E-state index contributed by atoms with van der Waals surface area (Å²) in [5.41, 5.74) is 22.1. The molecule has 8 aromatic carbocycles. The van der Waals surface area contributed by atoms with E-state index in [-0.39, 0.29) is 0 Å². The number of hydrogen-bond donors (Lipinski definition) is 0. The highest BCUT2D eigenvalue weighted by Crippen LogP contribution is 2.40. The van der Waals surface area contributed by atoms with Crippen molar-refractivity contribution in [3.05, 3.63) is 235 Å². The highest BCUT2D eigenvalue weighted by Gasteiger charge is 2.20. The Labute approximate surface area is 364 Å². The van der Waals surface area contributed by atoms with E-state index in [9.17, 15) is 0 Å². The molecule has 2 aromatic heterocycles. The lowest BCUT2D eigenvalue weighted by molar-refractivity contribution is 0.957. The minimum absolute atomic E-state index is 1.02. The molecule has 296 valence electrons. The molecule has 62 heavy (non-hydrogen) atoms. The molecule has 0 N–H and O–H groups in total. The van der Waals surface area contributed by atoms with Crippen LogP contribution in [0.25, 0.3) is 94.5 Å². The Bertz CT molecular complexity index is 3270. The maximum Gasteiger partial charge on any atom is 0.0542 e. The molecule has 2 heteroatoms. The quantitative estimate of drug-likeness (QED) is 0.145. The maximum absolute atomic E-state index is 2.48. The van der Waals surface area contributed by atoms with Gasteiger partial charge >= 0.3 is 0 Å². The zero-order valence-electron chi connectivity index (χ0n) is 35.1. The predicted molar refractivity (Wildman–Crippen MR) is 263 cm³/mol. The molecule has 0 amide bonds. The van der Waals surface area contributed by atoms with Gasteiger partial charge in [-0.15, -0.1) is 0 Å². The van der Waals surface area contributed by atoms with Gasteiger partial charge in [-0.25, -0.2) is 0 Å². The molecule has 0 saturated heterocycles.